The molecule has 1 aromatic rings. The predicted molar refractivity (Wildman–Crippen MR) is 87.0 cm³/mol. The van der Waals surface area contributed by atoms with Crippen LogP contribution < -0.4 is 5.32 Å². The summed E-state index contributed by atoms with van der Waals surface area (Å²) in [6, 6.07) is 7.36. The van der Waals surface area contributed by atoms with Crippen molar-refractivity contribution in [2.24, 2.45) is 0 Å². The van der Waals surface area contributed by atoms with E-state index in [2.05, 4.69) is 5.32 Å². The fourth-order valence-corrected chi connectivity index (χ4v) is 2.63. The second-order valence-electron chi connectivity index (χ2n) is 5.71. The van der Waals surface area contributed by atoms with Gasteiger partial charge in [0.1, 0.15) is 0 Å². The van der Waals surface area contributed by atoms with Crippen LogP contribution in [-0.4, -0.2) is 60.2 Å². The van der Waals surface area contributed by atoms with Crippen LogP contribution in [0.25, 0.3) is 0 Å². The van der Waals surface area contributed by atoms with Crippen LogP contribution in [0.4, 0.5) is 0 Å². The molecule has 0 atom stereocenters. The topological polar surface area (TPSA) is 69.7 Å². The molecule has 124 valence electrons. The van der Waals surface area contributed by atoms with Crippen molar-refractivity contribution < 1.29 is 14.4 Å². The standard InChI is InChI=1S/C17H23N3O3/c1-13-5-3-4-6-15(13)17(23)18-8-7-16(22)20-11-9-19(10-12-20)14(2)21/h3-6H,7-12H2,1-2H3,(H,18,23). The third-order valence-electron chi connectivity index (χ3n) is 4.09. The molecule has 0 unspecified atom stereocenters. The number of hydrogen-bond donors (Lipinski definition) is 1. The molecule has 1 fully saturated rings. The highest BCUT2D eigenvalue weighted by Gasteiger charge is 2.22. The van der Waals surface area contributed by atoms with E-state index in [0.29, 0.717) is 38.3 Å². The molecule has 1 N–H and O–H groups in total. The number of hydrogen-bond acceptors (Lipinski definition) is 3. The van der Waals surface area contributed by atoms with E-state index in [1.165, 1.54) is 0 Å². The molecule has 2 rings (SSSR count). The number of aryl methyl sites for hydroxylation is 1. The van der Waals surface area contributed by atoms with Gasteiger partial charge in [-0.2, -0.15) is 0 Å². The Kier molecular flexibility index (Phi) is 5.73. The number of nitrogens with one attached hydrogen (secondary N) is 1. The Bertz CT molecular complexity index is 593. The minimum atomic E-state index is -0.155. The van der Waals surface area contributed by atoms with E-state index >= 15 is 0 Å². The van der Waals surface area contributed by atoms with E-state index in [1.54, 1.807) is 22.8 Å². The molecule has 0 aromatic heterocycles. The monoisotopic (exact) mass is 317 g/mol. The van der Waals surface area contributed by atoms with Gasteiger partial charge in [-0.15, -0.1) is 0 Å². The maximum absolute atomic E-state index is 12.1. The average molecular weight is 317 g/mol. The van der Waals surface area contributed by atoms with Crippen molar-refractivity contribution >= 4 is 17.7 Å². The Hall–Kier alpha value is -2.37. The number of carbonyl (C=O) groups excluding carboxylic acids is 3. The maximum Gasteiger partial charge on any atom is 0.251 e. The van der Waals surface area contributed by atoms with Crippen LogP contribution in [0.2, 0.25) is 0 Å². The molecule has 1 heterocycles. The molecule has 0 saturated carbocycles. The van der Waals surface area contributed by atoms with E-state index < -0.39 is 0 Å². The Labute approximate surface area is 136 Å². The van der Waals surface area contributed by atoms with Crippen molar-refractivity contribution in [3.8, 4) is 0 Å². The molecule has 6 nitrogen and oxygen atoms in total. The summed E-state index contributed by atoms with van der Waals surface area (Å²) in [5, 5.41) is 2.79. The molecular formula is C17H23N3O3. The number of rotatable bonds is 4. The molecule has 0 spiro atoms. The lowest BCUT2D eigenvalue weighted by molar-refractivity contribution is -0.138. The van der Waals surface area contributed by atoms with E-state index in [9.17, 15) is 14.4 Å². The summed E-state index contributed by atoms with van der Waals surface area (Å²) in [7, 11) is 0. The lowest BCUT2D eigenvalue weighted by atomic mass is 10.1. The van der Waals surface area contributed by atoms with Gasteiger partial charge in [-0.25, -0.2) is 0 Å². The zero-order valence-corrected chi connectivity index (χ0v) is 13.7. The van der Waals surface area contributed by atoms with Gasteiger partial charge in [-0.05, 0) is 18.6 Å². The van der Waals surface area contributed by atoms with Crippen molar-refractivity contribution in [2.45, 2.75) is 20.3 Å². The summed E-state index contributed by atoms with van der Waals surface area (Å²) in [6.45, 7) is 6.02. The van der Waals surface area contributed by atoms with Crippen LogP contribution in [0.15, 0.2) is 24.3 Å². The Morgan fingerprint density at radius 2 is 1.65 bits per heavy atom. The molecule has 0 radical (unpaired) electrons. The van der Waals surface area contributed by atoms with Gasteiger partial charge in [-0.1, -0.05) is 18.2 Å². The Morgan fingerprint density at radius 3 is 2.26 bits per heavy atom. The first-order valence-electron chi connectivity index (χ1n) is 7.86. The summed E-state index contributed by atoms with van der Waals surface area (Å²) >= 11 is 0. The molecule has 23 heavy (non-hydrogen) atoms. The van der Waals surface area contributed by atoms with E-state index in [0.717, 1.165) is 5.56 Å². The second-order valence-corrected chi connectivity index (χ2v) is 5.71. The third-order valence-corrected chi connectivity index (χ3v) is 4.09. The van der Waals surface area contributed by atoms with Gasteiger partial charge >= 0.3 is 0 Å². The highest BCUT2D eigenvalue weighted by molar-refractivity contribution is 5.95. The summed E-state index contributed by atoms with van der Waals surface area (Å²) in [6.07, 6.45) is 0.275. The van der Waals surface area contributed by atoms with Crippen LogP contribution in [-0.2, 0) is 9.59 Å². The fraction of sp³-hybridized carbons (Fsp3) is 0.471. The zero-order valence-electron chi connectivity index (χ0n) is 13.7. The van der Waals surface area contributed by atoms with E-state index in [4.69, 9.17) is 0 Å². The van der Waals surface area contributed by atoms with Gasteiger partial charge in [-0.3, -0.25) is 14.4 Å². The Morgan fingerprint density at radius 1 is 1.04 bits per heavy atom. The minimum Gasteiger partial charge on any atom is -0.352 e. The molecule has 1 aliphatic rings. The van der Waals surface area contributed by atoms with Gasteiger partial charge in [0.2, 0.25) is 11.8 Å². The molecule has 1 aromatic carbocycles. The van der Waals surface area contributed by atoms with Gasteiger partial charge in [0.25, 0.3) is 5.91 Å². The number of carbonyl (C=O) groups is 3. The van der Waals surface area contributed by atoms with Gasteiger partial charge in [0.05, 0.1) is 0 Å². The third kappa shape index (κ3) is 4.55. The van der Waals surface area contributed by atoms with Crippen molar-refractivity contribution in [1.82, 2.24) is 15.1 Å². The normalized spacial score (nSPS) is 14.5. The summed E-state index contributed by atoms with van der Waals surface area (Å²) in [5.41, 5.74) is 1.55. The van der Waals surface area contributed by atoms with Crippen LogP contribution in [0, 0.1) is 6.92 Å². The van der Waals surface area contributed by atoms with Crippen molar-refractivity contribution in [3.63, 3.8) is 0 Å². The lowest BCUT2D eigenvalue weighted by Gasteiger charge is -2.34. The largest absolute Gasteiger partial charge is 0.352 e. The molecule has 1 saturated heterocycles. The number of nitrogens with zero attached hydrogens (tertiary/aromatic N) is 2. The quantitative estimate of drug-likeness (QED) is 0.893. The predicted octanol–water partition coefficient (Wildman–Crippen LogP) is 0.806. The molecule has 3 amide bonds. The average Bonchev–Trinajstić information content (AvgIpc) is 2.55. The van der Waals surface area contributed by atoms with Crippen LogP contribution in [0.1, 0.15) is 29.3 Å². The van der Waals surface area contributed by atoms with Gasteiger partial charge in [0, 0.05) is 51.6 Å². The molecule has 0 aliphatic carbocycles. The summed E-state index contributed by atoms with van der Waals surface area (Å²) in [5.74, 6) is -0.0989. The van der Waals surface area contributed by atoms with E-state index in [-0.39, 0.29) is 24.1 Å². The number of amides is 3. The van der Waals surface area contributed by atoms with Crippen molar-refractivity contribution in [3.05, 3.63) is 35.4 Å². The highest BCUT2D eigenvalue weighted by atomic mass is 16.2. The lowest BCUT2D eigenvalue weighted by Crippen LogP contribution is -2.50. The van der Waals surface area contributed by atoms with Gasteiger partial charge < -0.3 is 15.1 Å². The van der Waals surface area contributed by atoms with E-state index in [1.807, 2.05) is 25.1 Å². The maximum atomic E-state index is 12.1. The molecular weight excluding hydrogens is 294 g/mol. The van der Waals surface area contributed by atoms with Crippen molar-refractivity contribution in [2.75, 3.05) is 32.7 Å². The molecule has 1 aliphatic heterocycles. The van der Waals surface area contributed by atoms with Crippen molar-refractivity contribution in [1.29, 1.82) is 0 Å². The highest BCUT2D eigenvalue weighted by Crippen LogP contribution is 2.07. The second kappa shape index (κ2) is 7.76. The van der Waals surface area contributed by atoms with Crippen LogP contribution in [0.3, 0.4) is 0 Å². The smallest absolute Gasteiger partial charge is 0.251 e. The SMILES string of the molecule is CC(=O)N1CCN(C(=O)CCNC(=O)c2ccccc2C)CC1. The minimum absolute atomic E-state index is 0.0123. The first-order valence-corrected chi connectivity index (χ1v) is 7.86. The Balaban J connectivity index is 1.74. The first kappa shape index (κ1) is 17.0. The molecule has 6 heteroatoms. The zero-order chi connectivity index (χ0) is 16.8. The summed E-state index contributed by atoms with van der Waals surface area (Å²) < 4.78 is 0. The first-order chi connectivity index (χ1) is 11.0. The van der Waals surface area contributed by atoms with Gasteiger partial charge in [0.15, 0.2) is 0 Å². The summed E-state index contributed by atoms with van der Waals surface area (Å²) in [4.78, 5) is 38.9. The number of benzene rings is 1. The number of piperazine rings is 1. The fourth-order valence-electron chi connectivity index (χ4n) is 2.63. The van der Waals surface area contributed by atoms with Crippen LogP contribution in [0.5, 0.6) is 0 Å². The molecule has 0 bridgehead atoms. The van der Waals surface area contributed by atoms with Crippen LogP contribution >= 0.6 is 0 Å².